The van der Waals surface area contributed by atoms with E-state index < -0.39 is 5.41 Å². The van der Waals surface area contributed by atoms with Crippen molar-refractivity contribution >= 4 is 5.91 Å². The van der Waals surface area contributed by atoms with Crippen molar-refractivity contribution in [2.75, 3.05) is 26.8 Å². The average Bonchev–Trinajstić information content (AvgIpc) is 3.17. The summed E-state index contributed by atoms with van der Waals surface area (Å²) in [5.74, 6) is 0.538. The van der Waals surface area contributed by atoms with E-state index in [-0.39, 0.29) is 11.9 Å². The Balaban J connectivity index is 1.49. The number of ether oxygens (including phenoxy) is 1. The molecule has 3 unspecified atom stereocenters. The van der Waals surface area contributed by atoms with Gasteiger partial charge in [0.05, 0.1) is 18.1 Å². The summed E-state index contributed by atoms with van der Waals surface area (Å²) in [6.07, 6.45) is 0.963. The molecule has 29 heavy (non-hydrogen) atoms. The van der Waals surface area contributed by atoms with E-state index in [0.29, 0.717) is 18.6 Å². The smallest absolute Gasteiger partial charge is 0.230 e. The summed E-state index contributed by atoms with van der Waals surface area (Å²) in [6, 6.07) is 19.8. The number of amides is 1. The number of fused-ring (bicyclic) bond motifs is 1. The lowest BCUT2D eigenvalue weighted by molar-refractivity contribution is -0.145. The maximum Gasteiger partial charge on any atom is 0.230 e. The number of carbonyl (C=O) groups is 1. The van der Waals surface area contributed by atoms with Gasteiger partial charge in [-0.25, -0.2) is 5.43 Å². The summed E-state index contributed by atoms with van der Waals surface area (Å²) in [6.45, 7) is 5.94. The molecule has 2 heterocycles. The minimum absolute atomic E-state index is 0.183. The van der Waals surface area contributed by atoms with Gasteiger partial charge >= 0.3 is 0 Å². The molecule has 5 heteroatoms. The predicted molar refractivity (Wildman–Crippen MR) is 115 cm³/mol. The van der Waals surface area contributed by atoms with Crippen LogP contribution in [0.15, 0.2) is 54.6 Å². The SMILES string of the molecule is COCC(C)(C)C(=O)N1CCC2NNC(c3ccc(-c4ccccc4)cc3)C2C1. The van der Waals surface area contributed by atoms with Crippen LogP contribution in [0.5, 0.6) is 0 Å². The first-order valence-electron chi connectivity index (χ1n) is 10.4. The number of carbonyl (C=O) groups excluding carboxylic acids is 1. The number of methoxy groups -OCH3 is 1. The van der Waals surface area contributed by atoms with Gasteiger partial charge < -0.3 is 9.64 Å². The Morgan fingerprint density at radius 3 is 2.45 bits per heavy atom. The van der Waals surface area contributed by atoms with Crippen LogP contribution in [0.25, 0.3) is 11.1 Å². The molecule has 2 fully saturated rings. The van der Waals surface area contributed by atoms with Gasteiger partial charge in [-0.1, -0.05) is 54.6 Å². The van der Waals surface area contributed by atoms with Crippen molar-refractivity contribution in [1.29, 1.82) is 0 Å². The van der Waals surface area contributed by atoms with Crippen molar-refractivity contribution < 1.29 is 9.53 Å². The van der Waals surface area contributed by atoms with Gasteiger partial charge in [-0.2, -0.15) is 0 Å². The van der Waals surface area contributed by atoms with E-state index in [1.807, 2.05) is 24.8 Å². The Labute approximate surface area is 173 Å². The average molecular weight is 394 g/mol. The predicted octanol–water partition coefficient (Wildman–Crippen LogP) is 3.39. The highest BCUT2D eigenvalue weighted by Gasteiger charge is 2.43. The van der Waals surface area contributed by atoms with Crippen molar-refractivity contribution in [3.05, 3.63) is 60.2 Å². The highest BCUT2D eigenvalue weighted by Crippen LogP contribution is 2.35. The Bertz CT molecular complexity index is 835. The van der Waals surface area contributed by atoms with E-state index >= 15 is 0 Å². The second kappa shape index (κ2) is 8.27. The van der Waals surface area contributed by atoms with Crippen LogP contribution in [0.1, 0.15) is 31.9 Å². The molecule has 2 aliphatic rings. The summed E-state index contributed by atoms with van der Waals surface area (Å²) < 4.78 is 5.27. The normalized spacial score (nSPS) is 24.4. The summed E-state index contributed by atoms with van der Waals surface area (Å²) in [5, 5.41) is 0. The molecule has 0 saturated carbocycles. The summed E-state index contributed by atoms with van der Waals surface area (Å²) >= 11 is 0. The lowest BCUT2D eigenvalue weighted by Gasteiger charge is -2.39. The quantitative estimate of drug-likeness (QED) is 0.818. The van der Waals surface area contributed by atoms with Gasteiger partial charge in [0.15, 0.2) is 0 Å². The largest absolute Gasteiger partial charge is 0.384 e. The van der Waals surface area contributed by atoms with Crippen LogP contribution in [-0.4, -0.2) is 43.7 Å². The van der Waals surface area contributed by atoms with Gasteiger partial charge in [-0.15, -0.1) is 0 Å². The van der Waals surface area contributed by atoms with E-state index in [2.05, 4.69) is 59.4 Å². The summed E-state index contributed by atoms with van der Waals surface area (Å²) in [7, 11) is 1.65. The first-order chi connectivity index (χ1) is 14.0. The third-order valence-electron chi connectivity index (χ3n) is 6.26. The lowest BCUT2D eigenvalue weighted by atomic mass is 9.83. The number of nitrogens with zero attached hydrogens (tertiary/aromatic N) is 1. The third-order valence-corrected chi connectivity index (χ3v) is 6.26. The van der Waals surface area contributed by atoms with E-state index in [9.17, 15) is 4.79 Å². The minimum Gasteiger partial charge on any atom is -0.384 e. The molecular formula is C24H31N3O2. The maximum absolute atomic E-state index is 13.0. The van der Waals surface area contributed by atoms with Crippen molar-refractivity contribution in [2.24, 2.45) is 11.3 Å². The molecule has 2 aromatic rings. The molecule has 5 nitrogen and oxygen atoms in total. The maximum atomic E-state index is 13.0. The molecule has 154 valence electrons. The first-order valence-corrected chi connectivity index (χ1v) is 10.4. The molecule has 0 bridgehead atoms. The van der Waals surface area contributed by atoms with E-state index in [4.69, 9.17) is 4.74 Å². The molecule has 2 aliphatic heterocycles. The second-order valence-corrected chi connectivity index (χ2v) is 8.88. The zero-order chi connectivity index (χ0) is 20.4. The van der Waals surface area contributed by atoms with Crippen LogP contribution in [0.4, 0.5) is 0 Å². The number of hydrazine groups is 1. The van der Waals surface area contributed by atoms with Crippen molar-refractivity contribution in [1.82, 2.24) is 15.8 Å². The molecular weight excluding hydrogens is 362 g/mol. The molecule has 0 radical (unpaired) electrons. The highest BCUT2D eigenvalue weighted by atomic mass is 16.5. The number of piperidine rings is 1. The first kappa shape index (κ1) is 20.1. The van der Waals surface area contributed by atoms with Crippen LogP contribution >= 0.6 is 0 Å². The van der Waals surface area contributed by atoms with Crippen LogP contribution in [0.3, 0.4) is 0 Å². The molecule has 3 atom stereocenters. The zero-order valence-electron chi connectivity index (χ0n) is 17.5. The number of likely N-dealkylation sites (tertiary alicyclic amines) is 1. The number of benzene rings is 2. The number of rotatable bonds is 5. The van der Waals surface area contributed by atoms with Crippen molar-refractivity contribution in [3.8, 4) is 11.1 Å². The molecule has 1 amide bonds. The van der Waals surface area contributed by atoms with Crippen LogP contribution in [0, 0.1) is 11.3 Å². The van der Waals surface area contributed by atoms with E-state index in [1.165, 1.54) is 16.7 Å². The number of hydrogen-bond acceptors (Lipinski definition) is 4. The fourth-order valence-electron chi connectivity index (χ4n) is 4.68. The zero-order valence-corrected chi connectivity index (χ0v) is 17.5. The standard InChI is InChI=1S/C24H31N3O2/c1-24(2,16-29-3)23(28)27-14-13-21-20(15-27)22(26-25-21)19-11-9-18(10-12-19)17-7-5-4-6-8-17/h4-12,20-22,25-26H,13-16H2,1-3H3. The Hall–Kier alpha value is -2.21. The Morgan fingerprint density at radius 2 is 1.76 bits per heavy atom. The molecule has 0 aliphatic carbocycles. The lowest BCUT2D eigenvalue weighted by Crippen LogP contribution is -2.52. The van der Waals surface area contributed by atoms with Gasteiger partial charge in [0, 0.05) is 32.2 Å². The topological polar surface area (TPSA) is 53.6 Å². The summed E-state index contributed by atoms with van der Waals surface area (Å²) in [5.41, 5.74) is 10.2. The minimum atomic E-state index is -0.492. The number of hydrogen-bond donors (Lipinski definition) is 2. The monoisotopic (exact) mass is 393 g/mol. The molecule has 4 rings (SSSR count). The van der Waals surface area contributed by atoms with Crippen LogP contribution in [0.2, 0.25) is 0 Å². The number of nitrogens with one attached hydrogen (secondary N) is 2. The van der Waals surface area contributed by atoms with Crippen LogP contribution in [-0.2, 0) is 9.53 Å². The van der Waals surface area contributed by atoms with Gasteiger partial charge in [0.1, 0.15) is 0 Å². The van der Waals surface area contributed by atoms with E-state index in [0.717, 1.165) is 19.5 Å². The Morgan fingerprint density at radius 1 is 1.07 bits per heavy atom. The van der Waals surface area contributed by atoms with Gasteiger partial charge in [-0.05, 0) is 37.0 Å². The molecule has 2 N–H and O–H groups in total. The molecule has 2 aromatic carbocycles. The molecule has 0 aromatic heterocycles. The van der Waals surface area contributed by atoms with Gasteiger partial charge in [0.2, 0.25) is 5.91 Å². The fourth-order valence-corrected chi connectivity index (χ4v) is 4.68. The molecule has 0 spiro atoms. The third kappa shape index (κ3) is 4.08. The van der Waals surface area contributed by atoms with Crippen molar-refractivity contribution in [3.63, 3.8) is 0 Å². The van der Waals surface area contributed by atoms with Crippen molar-refractivity contribution in [2.45, 2.75) is 32.4 Å². The highest BCUT2D eigenvalue weighted by molar-refractivity contribution is 5.82. The van der Waals surface area contributed by atoms with E-state index in [1.54, 1.807) is 7.11 Å². The van der Waals surface area contributed by atoms with Gasteiger partial charge in [0.25, 0.3) is 0 Å². The fraction of sp³-hybridized carbons (Fsp3) is 0.458. The second-order valence-electron chi connectivity index (χ2n) is 8.88. The summed E-state index contributed by atoms with van der Waals surface area (Å²) in [4.78, 5) is 15.1. The Kier molecular flexibility index (Phi) is 5.72. The van der Waals surface area contributed by atoms with Gasteiger partial charge in [-0.3, -0.25) is 10.2 Å². The van der Waals surface area contributed by atoms with Crippen LogP contribution < -0.4 is 10.9 Å². The molecule has 2 saturated heterocycles.